The Morgan fingerprint density at radius 3 is 2.72 bits per heavy atom. The second kappa shape index (κ2) is 7.54. The van der Waals surface area contributed by atoms with Crippen molar-refractivity contribution in [2.24, 2.45) is 0 Å². The lowest BCUT2D eigenvalue weighted by atomic mass is 9.81. The Morgan fingerprint density at radius 1 is 1.28 bits per heavy atom. The predicted octanol–water partition coefficient (Wildman–Crippen LogP) is 3.91. The van der Waals surface area contributed by atoms with Crippen LogP contribution in [-0.4, -0.2) is 27.5 Å². The number of benzene rings is 1. The summed E-state index contributed by atoms with van der Waals surface area (Å²) in [7, 11) is 0. The number of rotatable bonds is 5. The first kappa shape index (κ1) is 17.9. The number of hydrogen-bond donors (Lipinski definition) is 2. The monoisotopic (exact) mass is 378 g/mol. The van der Waals surface area contributed by atoms with E-state index in [0.717, 1.165) is 29.8 Å². The van der Waals surface area contributed by atoms with Gasteiger partial charge in [-0.3, -0.25) is 4.79 Å². The number of aromatic nitrogens is 1. The van der Waals surface area contributed by atoms with E-state index in [2.05, 4.69) is 10.3 Å². The van der Waals surface area contributed by atoms with Crippen molar-refractivity contribution < 1.29 is 14.7 Å². The van der Waals surface area contributed by atoms with Crippen molar-refractivity contribution >= 4 is 34.8 Å². The number of nitrogens with one attached hydrogen (secondary N) is 1. The quantitative estimate of drug-likeness (QED) is 0.826. The van der Waals surface area contributed by atoms with E-state index in [1.807, 2.05) is 23.6 Å². The zero-order valence-electron chi connectivity index (χ0n) is 13.6. The molecule has 0 bridgehead atoms. The molecule has 1 aliphatic rings. The lowest BCUT2D eigenvalue weighted by molar-refractivity contribution is -0.149. The molecular weight excluding hydrogens is 360 g/mol. The Morgan fingerprint density at radius 2 is 2.04 bits per heavy atom. The molecule has 3 rings (SSSR count). The van der Waals surface area contributed by atoms with Crippen molar-refractivity contribution in [1.29, 1.82) is 0 Å². The Hall–Kier alpha value is -1.92. The van der Waals surface area contributed by atoms with E-state index in [-0.39, 0.29) is 12.3 Å². The van der Waals surface area contributed by atoms with Gasteiger partial charge in [0, 0.05) is 16.0 Å². The molecule has 1 saturated carbocycles. The van der Waals surface area contributed by atoms with E-state index in [4.69, 9.17) is 11.6 Å². The third-order valence-electron chi connectivity index (χ3n) is 4.46. The predicted molar refractivity (Wildman–Crippen MR) is 97.9 cm³/mol. The number of halogens is 1. The number of nitrogens with zero attached hydrogens (tertiary/aromatic N) is 1. The zero-order chi connectivity index (χ0) is 17.9. The summed E-state index contributed by atoms with van der Waals surface area (Å²) >= 11 is 7.44. The molecule has 0 unspecified atom stereocenters. The van der Waals surface area contributed by atoms with Gasteiger partial charge in [0.2, 0.25) is 5.91 Å². The highest BCUT2D eigenvalue weighted by Crippen LogP contribution is 2.29. The molecule has 1 heterocycles. The molecule has 7 heteroatoms. The summed E-state index contributed by atoms with van der Waals surface area (Å²) in [5.74, 6) is -1.24. The van der Waals surface area contributed by atoms with Crippen LogP contribution in [0.2, 0.25) is 5.02 Å². The molecule has 5 nitrogen and oxygen atoms in total. The van der Waals surface area contributed by atoms with Gasteiger partial charge in [-0.1, -0.05) is 43.0 Å². The first-order valence-electron chi connectivity index (χ1n) is 8.23. The molecule has 1 aliphatic carbocycles. The van der Waals surface area contributed by atoms with Gasteiger partial charge in [-0.25, -0.2) is 9.78 Å². The highest BCUT2D eigenvalue weighted by molar-refractivity contribution is 7.13. The van der Waals surface area contributed by atoms with E-state index in [0.29, 0.717) is 23.6 Å². The largest absolute Gasteiger partial charge is 0.480 e. The molecule has 0 radical (unpaired) electrons. The maximum absolute atomic E-state index is 12.4. The standard InChI is InChI=1S/C18H19ClN2O3S/c19-13-6-4-5-12(9-13)16-20-14(11-25-16)10-15(22)21-18(17(23)24)7-2-1-3-8-18/h4-6,9,11H,1-3,7-8,10H2,(H,21,22)(H,23,24). The van der Waals surface area contributed by atoms with E-state index in [1.165, 1.54) is 11.3 Å². The highest BCUT2D eigenvalue weighted by atomic mass is 35.5. The van der Waals surface area contributed by atoms with Gasteiger partial charge in [0.05, 0.1) is 12.1 Å². The van der Waals surface area contributed by atoms with E-state index in [9.17, 15) is 14.7 Å². The second-order valence-corrected chi connectivity index (χ2v) is 7.62. The molecular formula is C18H19ClN2O3S. The fourth-order valence-electron chi connectivity index (χ4n) is 3.17. The van der Waals surface area contributed by atoms with Crippen LogP contribution in [0.5, 0.6) is 0 Å². The number of amides is 1. The minimum atomic E-state index is -1.12. The van der Waals surface area contributed by atoms with Gasteiger partial charge in [-0.2, -0.15) is 0 Å². The Kier molecular flexibility index (Phi) is 5.39. The average molecular weight is 379 g/mol. The average Bonchev–Trinajstić information content (AvgIpc) is 3.04. The molecule has 2 aromatic rings. The Balaban J connectivity index is 1.68. The molecule has 0 atom stereocenters. The number of carboxylic acids is 1. The summed E-state index contributed by atoms with van der Waals surface area (Å²) in [6.45, 7) is 0. The minimum absolute atomic E-state index is 0.0755. The summed E-state index contributed by atoms with van der Waals surface area (Å²) < 4.78 is 0. The summed E-state index contributed by atoms with van der Waals surface area (Å²) in [4.78, 5) is 28.5. The van der Waals surface area contributed by atoms with Gasteiger partial charge in [0.15, 0.2) is 0 Å². The third kappa shape index (κ3) is 4.19. The lowest BCUT2D eigenvalue weighted by Gasteiger charge is -2.33. The number of thiazole rings is 1. The number of carbonyl (C=O) groups is 2. The molecule has 1 amide bonds. The van der Waals surface area contributed by atoms with Crippen molar-refractivity contribution in [3.8, 4) is 10.6 Å². The van der Waals surface area contributed by atoms with E-state index >= 15 is 0 Å². The lowest BCUT2D eigenvalue weighted by Crippen LogP contribution is -2.56. The summed E-state index contributed by atoms with van der Waals surface area (Å²) in [5, 5.41) is 15.5. The van der Waals surface area contributed by atoms with Gasteiger partial charge >= 0.3 is 5.97 Å². The van der Waals surface area contributed by atoms with Crippen LogP contribution in [0.1, 0.15) is 37.8 Å². The molecule has 0 saturated heterocycles. The summed E-state index contributed by atoms with van der Waals surface area (Å²) in [5.41, 5.74) is 0.411. The molecule has 2 N–H and O–H groups in total. The first-order valence-corrected chi connectivity index (χ1v) is 9.49. The van der Waals surface area contributed by atoms with Crippen molar-refractivity contribution in [2.45, 2.75) is 44.1 Å². The van der Waals surface area contributed by atoms with E-state index < -0.39 is 11.5 Å². The molecule has 1 fully saturated rings. The number of carbonyl (C=O) groups excluding carboxylic acids is 1. The number of aliphatic carboxylic acids is 1. The Labute approximate surface area is 155 Å². The maximum Gasteiger partial charge on any atom is 0.329 e. The molecule has 132 valence electrons. The van der Waals surface area contributed by atoms with Crippen molar-refractivity contribution in [3.63, 3.8) is 0 Å². The number of carboxylic acid groups (broad SMARTS) is 1. The number of hydrogen-bond acceptors (Lipinski definition) is 4. The van der Waals surface area contributed by atoms with Gasteiger partial charge in [-0.15, -0.1) is 11.3 Å². The summed E-state index contributed by atoms with van der Waals surface area (Å²) in [6, 6.07) is 7.38. The fraction of sp³-hybridized carbons (Fsp3) is 0.389. The highest BCUT2D eigenvalue weighted by Gasteiger charge is 2.40. The SMILES string of the molecule is O=C(Cc1csc(-c2cccc(Cl)c2)n1)NC1(C(=O)O)CCCCC1. The van der Waals surface area contributed by atoms with Crippen molar-refractivity contribution in [2.75, 3.05) is 0 Å². The fourth-order valence-corrected chi connectivity index (χ4v) is 4.17. The Bertz CT molecular complexity index is 784. The van der Waals surface area contributed by atoms with Crippen LogP contribution in [0.15, 0.2) is 29.6 Å². The molecule has 0 aliphatic heterocycles. The minimum Gasteiger partial charge on any atom is -0.480 e. The molecule has 1 aromatic carbocycles. The van der Waals surface area contributed by atoms with Crippen LogP contribution < -0.4 is 5.32 Å². The molecule has 1 aromatic heterocycles. The normalized spacial score (nSPS) is 16.4. The maximum atomic E-state index is 12.4. The zero-order valence-corrected chi connectivity index (χ0v) is 15.2. The van der Waals surface area contributed by atoms with Crippen molar-refractivity contribution in [3.05, 3.63) is 40.4 Å². The second-order valence-electron chi connectivity index (χ2n) is 6.33. The van der Waals surface area contributed by atoms with Gasteiger partial charge in [0.25, 0.3) is 0 Å². The van der Waals surface area contributed by atoms with Crippen LogP contribution in [0.4, 0.5) is 0 Å². The van der Waals surface area contributed by atoms with Crippen LogP contribution >= 0.6 is 22.9 Å². The van der Waals surface area contributed by atoms with Gasteiger partial charge < -0.3 is 10.4 Å². The van der Waals surface area contributed by atoms with Crippen LogP contribution in [-0.2, 0) is 16.0 Å². The molecule has 0 spiro atoms. The third-order valence-corrected chi connectivity index (χ3v) is 5.64. The molecule has 25 heavy (non-hydrogen) atoms. The summed E-state index contributed by atoms with van der Waals surface area (Å²) in [6.07, 6.45) is 3.70. The van der Waals surface area contributed by atoms with Gasteiger partial charge in [-0.05, 0) is 25.0 Å². The van der Waals surface area contributed by atoms with E-state index in [1.54, 1.807) is 6.07 Å². The van der Waals surface area contributed by atoms with Crippen LogP contribution in [0.25, 0.3) is 10.6 Å². The van der Waals surface area contributed by atoms with Gasteiger partial charge in [0.1, 0.15) is 10.5 Å². The van der Waals surface area contributed by atoms with Crippen LogP contribution in [0.3, 0.4) is 0 Å². The smallest absolute Gasteiger partial charge is 0.329 e. The van der Waals surface area contributed by atoms with Crippen LogP contribution in [0, 0.1) is 0 Å². The topological polar surface area (TPSA) is 79.3 Å². The first-order chi connectivity index (χ1) is 12.0. The van der Waals surface area contributed by atoms with Crippen molar-refractivity contribution in [1.82, 2.24) is 10.3 Å².